The van der Waals surface area contributed by atoms with Crippen molar-refractivity contribution in [2.45, 2.75) is 19.4 Å². The highest BCUT2D eigenvalue weighted by Gasteiger charge is 2.53. The van der Waals surface area contributed by atoms with Gasteiger partial charge in [0.15, 0.2) is 0 Å². The molecule has 0 unspecified atom stereocenters. The molecule has 1 aliphatic carbocycles. The van der Waals surface area contributed by atoms with Gasteiger partial charge < -0.3 is 5.73 Å². The molecule has 1 saturated heterocycles. The molecule has 1 aromatic rings. The van der Waals surface area contributed by atoms with E-state index in [0.29, 0.717) is 5.41 Å². The van der Waals surface area contributed by atoms with Crippen LogP contribution in [0.1, 0.15) is 18.4 Å². The van der Waals surface area contributed by atoms with Crippen molar-refractivity contribution in [1.82, 2.24) is 4.90 Å². The van der Waals surface area contributed by atoms with Gasteiger partial charge in [-0.1, -0.05) is 30.3 Å². The van der Waals surface area contributed by atoms with E-state index in [0.717, 1.165) is 19.0 Å². The fourth-order valence-corrected chi connectivity index (χ4v) is 3.16. The maximum atomic E-state index is 5.88. The summed E-state index contributed by atoms with van der Waals surface area (Å²) in [5.74, 6) is 0.746. The minimum absolute atomic E-state index is 0.615. The molecule has 16 heavy (non-hydrogen) atoms. The third-order valence-corrected chi connectivity index (χ3v) is 4.31. The lowest BCUT2D eigenvalue weighted by atomic mass is 9.93. The number of nitrogens with two attached hydrogens (primary N) is 1. The predicted molar refractivity (Wildman–Crippen MR) is 65.9 cm³/mol. The number of rotatable bonds is 3. The monoisotopic (exact) mass is 216 g/mol. The molecule has 1 aliphatic heterocycles. The Hall–Kier alpha value is -0.860. The Balaban J connectivity index is 1.66. The Morgan fingerprint density at radius 3 is 2.56 bits per heavy atom. The molecule has 1 spiro atoms. The number of nitrogens with zero attached hydrogens (tertiary/aromatic N) is 1. The van der Waals surface area contributed by atoms with Crippen molar-refractivity contribution < 1.29 is 0 Å². The molecule has 3 rings (SSSR count). The van der Waals surface area contributed by atoms with Crippen LogP contribution in [0.15, 0.2) is 30.3 Å². The summed E-state index contributed by atoms with van der Waals surface area (Å²) in [6, 6.07) is 10.8. The van der Waals surface area contributed by atoms with Crippen molar-refractivity contribution in [2.24, 2.45) is 17.1 Å². The first-order valence-electron chi connectivity index (χ1n) is 6.29. The van der Waals surface area contributed by atoms with Gasteiger partial charge in [-0.15, -0.1) is 0 Å². The van der Waals surface area contributed by atoms with E-state index in [9.17, 15) is 0 Å². The number of likely N-dealkylation sites (tertiary alicyclic amines) is 1. The van der Waals surface area contributed by atoms with Gasteiger partial charge in [-0.3, -0.25) is 4.90 Å². The zero-order valence-electron chi connectivity index (χ0n) is 9.73. The summed E-state index contributed by atoms with van der Waals surface area (Å²) in [4.78, 5) is 2.58. The van der Waals surface area contributed by atoms with Gasteiger partial charge in [0.1, 0.15) is 0 Å². The van der Waals surface area contributed by atoms with Crippen molar-refractivity contribution >= 4 is 0 Å². The van der Waals surface area contributed by atoms with E-state index in [1.54, 1.807) is 0 Å². The fraction of sp³-hybridized carbons (Fsp3) is 0.571. The van der Waals surface area contributed by atoms with Crippen LogP contribution in [0.2, 0.25) is 0 Å². The van der Waals surface area contributed by atoms with Gasteiger partial charge >= 0.3 is 0 Å². The molecule has 1 atom stereocenters. The third-order valence-electron chi connectivity index (χ3n) is 4.31. The van der Waals surface area contributed by atoms with E-state index in [2.05, 4.69) is 35.2 Å². The summed E-state index contributed by atoms with van der Waals surface area (Å²) < 4.78 is 0. The molecule has 0 bridgehead atoms. The Bertz CT molecular complexity index is 356. The average Bonchev–Trinajstić information content (AvgIpc) is 2.98. The standard InChI is InChI=1S/C14H20N2/c15-8-13-10-16(11-14(13)6-7-14)9-12-4-2-1-3-5-12/h1-5,13H,6-11,15H2/t13-/m0/s1. The van der Waals surface area contributed by atoms with Crippen molar-refractivity contribution in [2.75, 3.05) is 19.6 Å². The zero-order chi connectivity index (χ0) is 11.0. The predicted octanol–water partition coefficient (Wildman–Crippen LogP) is 1.86. The van der Waals surface area contributed by atoms with Crippen molar-refractivity contribution in [3.63, 3.8) is 0 Å². The topological polar surface area (TPSA) is 29.3 Å². The van der Waals surface area contributed by atoms with E-state index >= 15 is 0 Å². The van der Waals surface area contributed by atoms with E-state index in [1.807, 2.05) is 0 Å². The average molecular weight is 216 g/mol. The summed E-state index contributed by atoms with van der Waals surface area (Å²) in [6.45, 7) is 4.43. The van der Waals surface area contributed by atoms with Gasteiger partial charge in [0, 0.05) is 19.6 Å². The molecule has 2 heteroatoms. The van der Waals surface area contributed by atoms with Crippen LogP contribution in [0.3, 0.4) is 0 Å². The molecular weight excluding hydrogens is 196 g/mol. The van der Waals surface area contributed by atoms with Gasteiger partial charge in [-0.2, -0.15) is 0 Å². The summed E-state index contributed by atoms with van der Waals surface area (Å²) in [7, 11) is 0. The van der Waals surface area contributed by atoms with Crippen molar-refractivity contribution in [3.05, 3.63) is 35.9 Å². The molecule has 0 radical (unpaired) electrons. The minimum Gasteiger partial charge on any atom is -0.330 e. The lowest BCUT2D eigenvalue weighted by Gasteiger charge is -2.15. The summed E-state index contributed by atoms with van der Waals surface area (Å²) in [5.41, 5.74) is 7.92. The van der Waals surface area contributed by atoms with E-state index < -0.39 is 0 Å². The van der Waals surface area contributed by atoms with Gasteiger partial charge in [0.05, 0.1) is 0 Å². The lowest BCUT2D eigenvalue weighted by molar-refractivity contribution is 0.311. The Morgan fingerprint density at radius 2 is 2.00 bits per heavy atom. The second-order valence-electron chi connectivity index (χ2n) is 5.45. The summed E-state index contributed by atoms with van der Waals surface area (Å²) >= 11 is 0. The Morgan fingerprint density at radius 1 is 1.25 bits per heavy atom. The molecule has 2 N–H and O–H groups in total. The highest BCUT2D eigenvalue weighted by Crippen LogP contribution is 2.56. The second kappa shape index (κ2) is 3.86. The molecule has 1 aromatic carbocycles. The van der Waals surface area contributed by atoms with Crippen LogP contribution < -0.4 is 5.73 Å². The maximum absolute atomic E-state index is 5.88. The van der Waals surface area contributed by atoms with Gasteiger partial charge in [0.2, 0.25) is 0 Å². The number of benzene rings is 1. The van der Waals surface area contributed by atoms with Crippen LogP contribution >= 0.6 is 0 Å². The molecule has 2 aliphatic rings. The van der Waals surface area contributed by atoms with Crippen LogP contribution in [-0.4, -0.2) is 24.5 Å². The number of hydrogen-bond acceptors (Lipinski definition) is 2. The van der Waals surface area contributed by atoms with Crippen LogP contribution in [-0.2, 0) is 6.54 Å². The van der Waals surface area contributed by atoms with E-state index in [1.165, 1.54) is 31.5 Å². The van der Waals surface area contributed by atoms with Gasteiger partial charge in [-0.05, 0) is 36.3 Å². The van der Waals surface area contributed by atoms with Crippen LogP contribution in [0.4, 0.5) is 0 Å². The first-order valence-corrected chi connectivity index (χ1v) is 6.29. The summed E-state index contributed by atoms with van der Waals surface area (Å²) in [5, 5.41) is 0. The maximum Gasteiger partial charge on any atom is 0.0234 e. The van der Waals surface area contributed by atoms with E-state index in [4.69, 9.17) is 5.73 Å². The first kappa shape index (κ1) is 10.3. The second-order valence-corrected chi connectivity index (χ2v) is 5.45. The van der Waals surface area contributed by atoms with Gasteiger partial charge in [-0.25, -0.2) is 0 Å². The zero-order valence-corrected chi connectivity index (χ0v) is 9.73. The van der Waals surface area contributed by atoms with Crippen LogP contribution in [0.25, 0.3) is 0 Å². The Kier molecular flexibility index (Phi) is 2.49. The Labute approximate surface area is 97.4 Å². The molecule has 0 amide bonds. The lowest BCUT2D eigenvalue weighted by Crippen LogP contribution is -2.23. The minimum atomic E-state index is 0.615. The molecule has 86 valence electrons. The molecule has 1 heterocycles. The highest BCUT2D eigenvalue weighted by molar-refractivity contribution is 5.16. The fourth-order valence-electron chi connectivity index (χ4n) is 3.16. The van der Waals surface area contributed by atoms with Crippen LogP contribution in [0.5, 0.6) is 0 Å². The molecule has 2 fully saturated rings. The van der Waals surface area contributed by atoms with Crippen LogP contribution in [0, 0.1) is 11.3 Å². The van der Waals surface area contributed by atoms with Crippen molar-refractivity contribution in [3.8, 4) is 0 Å². The van der Waals surface area contributed by atoms with Gasteiger partial charge in [0.25, 0.3) is 0 Å². The van der Waals surface area contributed by atoms with Crippen molar-refractivity contribution in [1.29, 1.82) is 0 Å². The first-order chi connectivity index (χ1) is 7.82. The molecule has 2 nitrogen and oxygen atoms in total. The number of hydrogen-bond donors (Lipinski definition) is 1. The highest BCUT2D eigenvalue weighted by atomic mass is 15.2. The SMILES string of the molecule is NC[C@H]1CN(Cc2ccccc2)CC12CC2. The quantitative estimate of drug-likeness (QED) is 0.835. The molecule has 0 aromatic heterocycles. The summed E-state index contributed by atoms with van der Waals surface area (Å²) in [6.07, 6.45) is 2.81. The molecular formula is C14H20N2. The largest absolute Gasteiger partial charge is 0.330 e. The third kappa shape index (κ3) is 1.76. The smallest absolute Gasteiger partial charge is 0.0234 e. The van der Waals surface area contributed by atoms with E-state index in [-0.39, 0.29) is 0 Å². The normalized spacial score (nSPS) is 27.4. The molecule has 1 saturated carbocycles.